The molecule has 6 nitrogen and oxygen atoms in total. The maximum absolute atomic E-state index is 11.9. The summed E-state index contributed by atoms with van der Waals surface area (Å²) in [6.07, 6.45) is 5.91. The first-order valence-electron chi connectivity index (χ1n) is 6.28. The summed E-state index contributed by atoms with van der Waals surface area (Å²) in [5, 5.41) is 3.26. The molecule has 2 rings (SSSR count). The Hall–Kier alpha value is -1.40. The standard InChI is InChI=1S/C12H20N4O2/c1-15(9-11-8-13-4-7-18-11)12(17)2-5-16-6-3-14-10-16/h3,6,10-11,13H,2,4-5,7-9H2,1H3. The summed E-state index contributed by atoms with van der Waals surface area (Å²) in [6, 6.07) is 0. The van der Waals surface area contributed by atoms with Crippen molar-refractivity contribution in [3.05, 3.63) is 18.7 Å². The third-order valence-electron chi connectivity index (χ3n) is 3.05. The number of nitrogens with one attached hydrogen (secondary N) is 1. The SMILES string of the molecule is CN(CC1CNCCO1)C(=O)CCn1ccnc1. The number of likely N-dealkylation sites (N-methyl/N-ethyl adjacent to an activating group) is 1. The van der Waals surface area contributed by atoms with E-state index < -0.39 is 0 Å². The highest BCUT2D eigenvalue weighted by molar-refractivity contribution is 5.75. The first kappa shape index (κ1) is 13.0. The van der Waals surface area contributed by atoms with Gasteiger partial charge in [0.2, 0.25) is 5.91 Å². The van der Waals surface area contributed by atoms with E-state index in [0.717, 1.165) is 19.7 Å². The van der Waals surface area contributed by atoms with Gasteiger partial charge in [-0.1, -0.05) is 0 Å². The molecule has 1 saturated heterocycles. The van der Waals surface area contributed by atoms with Crippen molar-refractivity contribution in [2.45, 2.75) is 19.1 Å². The summed E-state index contributed by atoms with van der Waals surface area (Å²) < 4.78 is 7.48. The number of amides is 1. The second-order valence-electron chi connectivity index (χ2n) is 4.52. The molecule has 1 aliphatic heterocycles. The minimum atomic E-state index is 0.112. The van der Waals surface area contributed by atoms with E-state index in [1.165, 1.54) is 0 Å². The fourth-order valence-corrected chi connectivity index (χ4v) is 1.98. The Labute approximate surface area is 107 Å². The molecule has 0 radical (unpaired) electrons. The van der Waals surface area contributed by atoms with Gasteiger partial charge in [0, 0.05) is 52.0 Å². The van der Waals surface area contributed by atoms with Crippen LogP contribution in [0.25, 0.3) is 0 Å². The summed E-state index contributed by atoms with van der Waals surface area (Å²) in [6.45, 7) is 3.76. The van der Waals surface area contributed by atoms with Crippen LogP contribution in [0, 0.1) is 0 Å². The Morgan fingerprint density at radius 1 is 1.67 bits per heavy atom. The first-order valence-corrected chi connectivity index (χ1v) is 6.28. The maximum atomic E-state index is 11.9. The zero-order valence-electron chi connectivity index (χ0n) is 10.7. The predicted molar refractivity (Wildman–Crippen MR) is 67.1 cm³/mol. The van der Waals surface area contributed by atoms with Gasteiger partial charge >= 0.3 is 0 Å². The van der Waals surface area contributed by atoms with Gasteiger partial charge in [0.1, 0.15) is 0 Å². The van der Waals surface area contributed by atoms with Crippen LogP contribution >= 0.6 is 0 Å². The number of carbonyl (C=O) groups excluding carboxylic acids is 1. The molecule has 1 fully saturated rings. The fourth-order valence-electron chi connectivity index (χ4n) is 1.98. The fraction of sp³-hybridized carbons (Fsp3) is 0.667. The van der Waals surface area contributed by atoms with Crippen molar-refractivity contribution in [1.82, 2.24) is 19.8 Å². The topological polar surface area (TPSA) is 59.4 Å². The Bertz CT molecular complexity index is 360. The van der Waals surface area contributed by atoms with E-state index in [1.54, 1.807) is 17.4 Å². The molecule has 1 atom stereocenters. The number of aromatic nitrogens is 2. The number of rotatable bonds is 5. The molecular formula is C12H20N4O2. The molecule has 1 aromatic rings. The smallest absolute Gasteiger partial charge is 0.224 e. The molecule has 0 bridgehead atoms. The lowest BCUT2D eigenvalue weighted by Gasteiger charge is -2.28. The summed E-state index contributed by atoms with van der Waals surface area (Å²) >= 11 is 0. The van der Waals surface area contributed by atoms with Crippen molar-refractivity contribution in [1.29, 1.82) is 0 Å². The highest BCUT2D eigenvalue weighted by atomic mass is 16.5. The van der Waals surface area contributed by atoms with Crippen LogP contribution in [0.3, 0.4) is 0 Å². The van der Waals surface area contributed by atoms with Gasteiger partial charge in [0.25, 0.3) is 0 Å². The summed E-state index contributed by atoms with van der Waals surface area (Å²) in [5.74, 6) is 0.137. The monoisotopic (exact) mass is 252 g/mol. The summed E-state index contributed by atoms with van der Waals surface area (Å²) in [7, 11) is 1.83. The van der Waals surface area contributed by atoms with Crippen LogP contribution in [0.1, 0.15) is 6.42 Å². The average Bonchev–Trinajstić information content (AvgIpc) is 2.90. The number of ether oxygens (including phenoxy) is 1. The van der Waals surface area contributed by atoms with E-state index in [4.69, 9.17) is 4.74 Å². The molecule has 0 aromatic carbocycles. The Morgan fingerprint density at radius 3 is 3.22 bits per heavy atom. The van der Waals surface area contributed by atoms with Crippen molar-refractivity contribution >= 4 is 5.91 Å². The lowest BCUT2D eigenvalue weighted by atomic mass is 10.2. The lowest BCUT2D eigenvalue weighted by Crippen LogP contribution is -2.45. The number of aryl methyl sites for hydroxylation is 1. The van der Waals surface area contributed by atoms with Crippen molar-refractivity contribution in [2.75, 3.05) is 33.3 Å². The first-order chi connectivity index (χ1) is 8.75. The molecular weight excluding hydrogens is 232 g/mol. The zero-order chi connectivity index (χ0) is 12.8. The van der Waals surface area contributed by atoms with Crippen molar-refractivity contribution in [2.24, 2.45) is 0 Å². The van der Waals surface area contributed by atoms with Gasteiger partial charge in [-0.05, 0) is 0 Å². The zero-order valence-corrected chi connectivity index (χ0v) is 10.7. The van der Waals surface area contributed by atoms with Gasteiger partial charge in [-0.3, -0.25) is 4.79 Å². The molecule has 2 heterocycles. The minimum Gasteiger partial charge on any atom is -0.374 e. The Balaban J connectivity index is 1.70. The lowest BCUT2D eigenvalue weighted by molar-refractivity contribution is -0.132. The molecule has 6 heteroatoms. The minimum absolute atomic E-state index is 0.112. The van der Waals surface area contributed by atoms with E-state index in [-0.39, 0.29) is 12.0 Å². The second-order valence-corrected chi connectivity index (χ2v) is 4.52. The Kier molecular flexibility index (Phi) is 4.72. The van der Waals surface area contributed by atoms with E-state index in [2.05, 4.69) is 10.3 Å². The molecule has 1 aliphatic rings. The second kappa shape index (κ2) is 6.51. The number of hydrogen-bond acceptors (Lipinski definition) is 4. The maximum Gasteiger partial charge on any atom is 0.224 e. The quantitative estimate of drug-likeness (QED) is 0.783. The van der Waals surface area contributed by atoms with Gasteiger partial charge < -0.3 is 19.5 Å². The molecule has 0 aliphatic carbocycles. The van der Waals surface area contributed by atoms with Gasteiger partial charge in [0.15, 0.2) is 0 Å². The van der Waals surface area contributed by atoms with E-state index in [1.807, 2.05) is 17.8 Å². The third kappa shape index (κ3) is 3.82. The highest BCUT2D eigenvalue weighted by Crippen LogP contribution is 2.01. The van der Waals surface area contributed by atoms with Gasteiger partial charge in [-0.25, -0.2) is 4.98 Å². The summed E-state index contributed by atoms with van der Waals surface area (Å²) in [4.78, 5) is 17.6. The molecule has 0 spiro atoms. The molecule has 1 aromatic heterocycles. The number of imidazole rings is 1. The molecule has 1 amide bonds. The van der Waals surface area contributed by atoms with E-state index in [9.17, 15) is 4.79 Å². The van der Waals surface area contributed by atoms with Crippen LogP contribution in [0.5, 0.6) is 0 Å². The third-order valence-corrected chi connectivity index (χ3v) is 3.05. The highest BCUT2D eigenvalue weighted by Gasteiger charge is 2.18. The van der Waals surface area contributed by atoms with Gasteiger partial charge in [-0.2, -0.15) is 0 Å². The number of hydrogen-bond donors (Lipinski definition) is 1. The van der Waals surface area contributed by atoms with Crippen LogP contribution in [0.2, 0.25) is 0 Å². The Morgan fingerprint density at radius 2 is 2.56 bits per heavy atom. The molecule has 100 valence electrons. The van der Waals surface area contributed by atoms with Crippen molar-refractivity contribution < 1.29 is 9.53 Å². The number of nitrogens with zero attached hydrogens (tertiary/aromatic N) is 3. The molecule has 1 unspecified atom stereocenters. The van der Waals surface area contributed by atoms with Gasteiger partial charge in [-0.15, -0.1) is 0 Å². The van der Waals surface area contributed by atoms with E-state index >= 15 is 0 Å². The molecule has 0 saturated carbocycles. The van der Waals surface area contributed by atoms with E-state index in [0.29, 0.717) is 19.5 Å². The normalized spacial score (nSPS) is 19.7. The summed E-state index contributed by atoms with van der Waals surface area (Å²) in [5.41, 5.74) is 0. The van der Waals surface area contributed by atoms with Crippen LogP contribution in [0.4, 0.5) is 0 Å². The van der Waals surface area contributed by atoms with Crippen LogP contribution < -0.4 is 5.32 Å². The van der Waals surface area contributed by atoms with Crippen molar-refractivity contribution in [3.63, 3.8) is 0 Å². The van der Waals surface area contributed by atoms with Crippen LogP contribution in [0.15, 0.2) is 18.7 Å². The largest absolute Gasteiger partial charge is 0.374 e. The van der Waals surface area contributed by atoms with Crippen molar-refractivity contribution in [3.8, 4) is 0 Å². The predicted octanol–water partition coefficient (Wildman–Crippen LogP) is -0.280. The number of morpholine rings is 1. The van der Waals surface area contributed by atoms with Crippen LogP contribution in [-0.4, -0.2) is 59.8 Å². The molecule has 1 N–H and O–H groups in total. The number of carbonyl (C=O) groups is 1. The average molecular weight is 252 g/mol. The molecule has 18 heavy (non-hydrogen) atoms. The van der Waals surface area contributed by atoms with Gasteiger partial charge in [0.05, 0.1) is 19.0 Å². The van der Waals surface area contributed by atoms with Crippen LogP contribution in [-0.2, 0) is 16.1 Å².